The maximum absolute atomic E-state index is 13.8. The van der Waals surface area contributed by atoms with Crippen LogP contribution in [0.25, 0.3) is 0 Å². The van der Waals surface area contributed by atoms with Gasteiger partial charge in [0.2, 0.25) is 5.91 Å². The highest BCUT2D eigenvalue weighted by Gasteiger charge is 2.22. The number of likely N-dealkylation sites (tertiary alicyclic amines) is 1. The fourth-order valence-corrected chi connectivity index (χ4v) is 2.28. The van der Waals surface area contributed by atoms with Gasteiger partial charge in [-0.15, -0.1) is 0 Å². The van der Waals surface area contributed by atoms with Crippen LogP contribution in [0.1, 0.15) is 18.4 Å². The van der Waals surface area contributed by atoms with Crippen molar-refractivity contribution in [2.45, 2.75) is 12.8 Å². The normalized spacial score (nSPS) is 14.2. The minimum Gasteiger partial charge on any atom is -0.363 e. The number of nitrogens with zero attached hydrogens (tertiary/aromatic N) is 3. The van der Waals surface area contributed by atoms with E-state index in [2.05, 4.69) is 0 Å². The molecule has 1 aliphatic rings. The number of halogens is 2. The lowest BCUT2D eigenvalue weighted by Gasteiger charge is -2.23. The fourth-order valence-electron chi connectivity index (χ4n) is 2.28. The molecule has 0 aliphatic carbocycles. The van der Waals surface area contributed by atoms with Crippen molar-refractivity contribution in [1.29, 1.82) is 5.26 Å². The first-order valence-electron chi connectivity index (χ1n) is 6.41. The largest absolute Gasteiger partial charge is 0.363 e. The van der Waals surface area contributed by atoms with Gasteiger partial charge in [-0.1, -0.05) is 0 Å². The highest BCUT2D eigenvalue weighted by Crippen LogP contribution is 2.23. The molecule has 1 aromatic carbocycles. The number of likely N-dealkylation sites (N-methyl/N-ethyl adjacent to an activating group) is 1. The summed E-state index contributed by atoms with van der Waals surface area (Å²) in [4.78, 5) is 15.0. The van der Waals surface area contributed by atoms with E-state index in [1.54, 1.807) is 11.0 Å². The quantitative estimate of drug-likeness (QED) is 0.849. The SMILES string of the molecule is CN(CC(=O)N1CCCC1)c1ccc(C#N)c(F)c1F. The Balaban J connectivity index is 2.13. The van der Waals surface area contributed by atoms with E-state index < -0.39 is 11.6 Å². The molecule has 1 aromatic rings. The Bertz CT molecular complexity index is 562. The lowest BCUT2D eigenvalue weighted by Crippen LogP contribution is -2.37. The van der Waals surface area contributed by atoms with Gasteiger partial charge in [0.1, 0.15) is 6.07 Å². The van der Waals surface area contributed by atoms with Gasteiger partial charge in [-0.2, -0.15) is 5.26 Å². The Hall–Kier alpha value is -2.16. The molecule has 0 radical (unpaired) electrons. The second kappa shape index (κ2) is 5.87. The molecule has 0 bridgehead atoms. The highest BCUT2D eigenvalue weighted by atomic mass is 19.2. The van der Waals surface area contributed by atoms with E-state index in [-0.39, 0.29) is 23.7 Å². The van der Waals surface area contributed by atoms with Gasteiger partial charge in [-0.25, -0.2) is 8.78 Å². The van der Waals surface area contributed by atoms with Crippen molar-refractivity contribution >= 4 is 11.6 Å². The Morgan fingerprint density at radius 3 is 2.60 bits per heavy atom. The fraction of sp³-hybridized carbons (Fsp3) is 0.429. The molecule has 0 atom stereocenters. The van der Waals surface area contributed by atoms with Crippen LogP contribution in [0.4, 0.5) is 14.5 Å². The van der Waals surface area contributed by atoms with Crippen molar-refractivity contribution in [3.05, 3.63) is 29.3 Å². The number of hydrogen-bond acceptors (Lipinski definition) is 3. The molecule has 1 heterocycles. The average Bonchev–Trinajstić information content (AvgIpc) is 2.95. The Labute approximate surface area is 116 Å². The molecular weight excluding hydrogens is 264 g/mol. The molecule has 106 valence electrons. The second-order valence-corrected chi connectivity index (χ2v) is 4.82. The average molecular weight is 279 g/mol. The van der Waals surface area contributed by atoms with Crippen LogP contribution in [-0.2, 0) is 4.79 Å². The topological polar surface area (TPSA) is 47.3 Å². The predicted octanol–water partition coefficient (Wildman–Crippen LogP) is 1.90. The van der Waals surface area contributed by atoms with Crippen LogP contribution < -0.4 is 4.90 Å². The molecular formula is C14H15F2N3O. The summed E-state index contributed by atoms with van der Waals surface area (Å²) in [6, 6.07) is 4.11. The molecule has 0 aromatic heterocycles. The molecule has 2 rings (SSSR count). The first-order chi connectivity index (χ1) is 9.54. The first kappa shape index (κ1) is 14.3. The van der Waals surface area contributed by atoms with Gasteiger partial charge in [0.05, 0.1) is 17.8 Å². The van der Waals surface area contributed by atoms with Crippen LogP contribution >= 0.6 is 0 Å². The number of hydrogen-bond donors (Lipinski definition) is 0. The van der Waals surface area contributed by atoms with Gasteiger partial charge in [0.25, 0.3) is 0 Å². The zero-order valence-corrected chi connectivity index (χ0v) is 11.2. The summed E-state index contributed by atoms with van der Waals surface area (Å²) in [7, 11) is 1.53. The number of anilines is 1. The number of benzene rings is 1. The van der Waals surface area contributed by atoms with Gasteiger partial charge in [-0.3, -0.25) is 4.79 Å². The Kier molecular flexibility index (Phi) is 4.18. The summed E-state index contributed by atoms with van der Waals surface area (Å²) in [6.45, 7) is 1.43. The van der Waals surface area contributed by atoms with Gasteiger partial charge in [0, 0.05) is 20.1 Å². The maximum Gasteiger partial charge on any atom is 0.242 e. The molecule has 0 saturated carbocycles. The van der Waals surface area contributed by atoms with Crippen LogP contribution in [-0.4, -0.2) is 37.5 Å². The van der Waals surface area contributed by atoms with Crippen molar-refractivity contribution in [3.63, 3.8) is 0 Å². The third-order valence-electron chi connectivity index (χ3n) is 3.42. The number of rotatable bonds is 3. The maximum atomic E-state index is 13.8. The summed E-state index contributed by atoms with van der Waals surface area (Å²) in [5.41, 5.74) is -0.362. The summed E-state index contributed by atoms with van der Waals surface area (Å²) in [5.74, 6) is -2.37. The number of nitriles is 1. The summed E-state index contributed by atoms with van der Waals surface area (Å²) < 4.78 is 27.4. The number of amides is 1. The van der Waals surface area contributed by atoms with Crippen molar-refractivity contribution < 1.29 is 13.6 Å². The van der Waals surface area contributed by atoms with Gasteiger partial charge < -0.3 is 9.80 Å². The molecule has 1 fully saturated rings. The number of carbonyl (C=O) groups excluding carboxylic acids is 1. The van der Waals surface area contributed by atoms with Gasteiger partial charge in [-0.05, 0) is 25.0 Å². The zero-order valence-electron chi connectivity index (χ0n) is 11.2. The van der Waals surface area contributed by atoms with Gasteiger partial charge >= 0.3 is 0 Å². The molecule has 20 heavy (non-hydrogen) atoms. The standard InChI is InChI=1S/C14H15F2N3O/c1-18(9-12(20)19-6-2-3-7-19)11-5-4-10(8-17)13(15)14(11)16/h4-5H,2-3,6-7,9H2,1H3. The summed E-state index contributed by atoms with van der Waals surface area (Å²) in [6.07, 6.45) is 1.96. The lowest BCUT2D eigenvalue weighted by molar-refractivity contribution is -0.128. The first-order valence-corrected chi connectivity index (χ1v) is 6.41. The molecule has 6 heteroatoms. The molecule has 1 amide bonds. The van der Waals surface area contributed by atoms with Crippen LogP contribution in [0.3, 0.4) is 0 Å². The highest BCUT2D eigenvalue weighted by molar-refractivity contribution is 5.81. The summed E-state index contributed by atoms with van der Waals surface area (Å²) in [5, 5.41) is 8.63. The van der Waals surface area contributed by atoms with Crippen molar-refractivity contribution in [2.75, 3.05) is 31.6 Å². The van der Waals surface area contributed by atoms with Crippen LogP contribution in [0.15, 0.2) is 12.1 Å². The van der Waals surface area contributed by atoms with E-state index in [9.17, 15) is 13.6 Å². The van der Waals surface area contributed by atoms with E-state index in [1.807, 2.05) is 0 Å². The lowest BCUT2D eigenvalue weighted by atomic mass is 10.2. The molecule has 1 aliphatic heterocycles. The Morgan fingerprint density at radius 2 is 2.00 bits per heavy atom. The molecule has 0 spiro atoms. The van der Waals surface area contributed by atoms with Crippen molar-refractivity contribution in [3.8, 4) is 6.07 Å². The third kappa shape index (κ3) is 2.72. The van der Waals surface area contributed by atoms with E-state index in [4.69, 9.17) is 5.26 Å². The van der Waals surface area contributed by atoms with Gasteiger partial charge in [0.15, 0.2) is 11.6 Å². The van der Waals surface area contributed by atoms with E-state index >= 15 is 0 Å². The second-order valence-electron chi connectivity index (χ2n) is 4.82. The Morgan fingerprint density at radius 1 is 1.35 bits per heavy atom. The van der Waals surface area contributed by atoms with Crippen LogP contribution in [0.5, 0.6) is 0 Å². The predicted molar refractivity (Wildman–Crippen MR) is 70.2 cm³/mol. The van der Waals surface area contributed by atoms with E-state index in [0.717, 1.165) is 25.9 Å². The minimum atomic E-state index is -1.18. The molecule has 0 unspecified atom stereocenters. The zero-order chi connectivity index (χ0) is 14.7. The van der Waals surface area contributed by atoms with Crippen LogP contribution in [0.2, 0.25) is 0 Å². The van der Waals surface area contributed by atoms with Crippen molar-refractivity contribution in [2.24, 2.45) is 0 Å². The smallest absolute Gasteiger partial charge is 0.242 e. The van der Waals surface area contributed by atoms with E-state index in [1.165, 1.54) is 24.1 Å². The van der Waals surface area contributed by atoms with Crippen molar-refractivity contribution in [1.82, 2.24) is 4.90 Å². The van der Waals surface area contributed by atoms with E-state index in [0.29, 0.717) is 0 Å². The summed E-state index contributed by atoms with van der Waals surface area (Å²) >= 11 is 0. The third-order valence-corrected chi connectivity index (χ3v) is 3.42. The monoisotopic (exact) mass is 279 g/mol. The molecule has 1 saturated heterocycles. The van der Waals surface area contributed by atoms with Crippen LogP contribution in [0, 0.1) is 23.0 Å². The minimum absolute atomic E-state index is 0.0116. The molecule has 0 N–H and O–H groups in total. The number of carbonyl (C=O) groups is 1. The molecule has 4 nitrogen and oxygen atoms in total.